The molecular formula is C15H22N2O2. The fraction of sp³-hybridized carbons (Fsp3) is 0.533. The zero-order valence-corrected chi connectivity index (χ0v) is 11.3. The third-order valence-electron chi connectivity index (χ3n) is 3.53. The quantitative estimate of drug-likeness (QED) is 0.815. The lowest BCUT2D eigenvalue weighted by Crippen LogP contribution is -2.46. The molecule has 0 unspecified atom stereocenters. The SMILES string of the molecule is NCCN(C(=O)CCOc1ccccc1)C1CCC1. The van der Waals surface area contributed by atoms with Gasteiger partial charge in [0.15, 0.2) is 0 Å². The maximum atomic E-state index is 12.1. The van der Waals surface area contributed by atoms with Gasteiger partial charge in [-0.15, -0.1) is 0 Å². The van der Waals surface area contributed by atoms with Gasteiger partial charge in [-0.05, 0) is 31.4 Å². The second-order valence-electron chi connectivity index (χ2n) is 4.87. The van der Waals surface area contributed by atoms with Crippen molar-refractivity contribution < 1.29 is 9.53 Å². The zero-order valence-electron chi connectivity index (χ0n) is 11.3. The number of carbonyl (C=O) groups is 1. The van der Waals surface area contributed by atoms with Crippen molar-refractivity contribution in [3.05, 3.63) is 30.3 Å². The van der Waals surface area contributed by atoms with E-state index < -0.39 is 0 Å². The third-order valence-corrected chi connectivity index (χ3v) is 3.53. The van der Waals surface area contributed by atoms with Crippen LogP contribution >= 0.6 is 0 Å². The summed E-state index contributed by atoms with van der Waals surface area (Å²) in [6.45, 7) is 1.62. The smallest absolute Gasteiger partial charge is 0.226 e. The van der Waals surface area contributed by atoms with E-state index >= 15 is 0 Å². The summed E-state index contributed by atoms with van der Waals surface area (Å²) >= 11 is 0. The highest BCUT2D eigenvalue weighted by Crippen LogP contribution is 2.25. The zero-order chi connectivity index (χ0) is 13.5. The summed E-state index contributed by atoms with van der Waals surface area (Å²) in [4.78, 5) is 14.1. The first kappa shape index (κ1) is 13.9. The van der Waals surface area contributed by atoms with E-state index in [4.69, 9.17) is 10.5 Å². The van der Waals surface area contributed by atoms with Crippen molar-refractivity contribution in [2.24, 2.45) is 5.73 Å². The van der Waals surface area contributed by atoms with Crippen molar-refractivity contribution in [1.29, 1.82) is 0 Å². The van der Waals surface area contributed by atoms with Gasteiger partial charge >= 0.3 is 0 Å². The minimum absolute atomic E-state index is 0.158. The van der Waals surface area contributed by atoms with E-state index in [9.17, 15) is 4.79 Å². The largest absolute Gasteiger partial charge is 0.493 e. The molecule has 1 fully saturated rings. The molecule has 1 aliphatic carbocycles. The maximum Gasteiger partial charge on any atom is 0.226 e. The van der Waals surface area contributed by atoms with Gasteiger partial charge in [0.2, 0.25) is 5.91 Å². The first-order valence-corrected chi connectivity index (χ1v) is 6.98. The van der Waals surface area contributed by atoms with Gasteiger partial charge in [-0.1, -0.05) is 18.2 Å². The molecule has 0 aromatic heterocycles. The standard InChI is InChI=1S/C15H22N2O2/c16-10-11-17(13-5-4-6-13)15(18)9-12-19-14-7-2-1-3-8-14/h1-3,7-8,13H,4-6,9-12,16H2. The molecule has 4 heteroatoms. The molecular weight excluding hydrogens is 240 g/mol. The Morgan fingerprint density at radius 2 is 2.05 bits per heavy atom. The molecule has 1 aromatic rings. The van der Waals surface area contributed by atoms with Gasteiger partial charge in [0.1, 0.15) is 5.75 Å². The van der Waals surface area contributed by atoms with E-state index in [0.29, 0.717) is 32.2 Å². The van der Waals surface area contributed by atoms with Crippen molar-refractivity contribution in [2.75, 3.05) is 19.7 Å². The van der Waals surface area contributed by atoms with Crippen LogP contribution in [-0.2, 0) is 4.79 Å². The van der Waals surface area contributed by atoms with E-state index in [2.05, 4.69) is 0 Å². The number of hydrogen-bond acceptors (Lipinski definition) is 3. The number of para-hydroxylation sites is 1. The third kappa shape index (κ3) is 3.96. The van der Waals surface area contributed by atoms with Gasteiger partial charge in [0, 0.05) is 19.1 Å². The lowest BCUT2D eigenvalue weighted by Gasteiger charge is -2.37. The van der Waals surface area contributed by atoms with E-state index in [1.807, 2.05) is 35.2 Å². The van der Waals surface area contributed by atoms with Crippen molar-refractivity contribution in [2.45, 2.75) is 31.7 Å². The normalized spacial score (nSPS) is 14.8. The Morgan fingerprint density at radius 1 is 1.32 bits per heavy atom. The molecule has 0 aliphatic heterocycles. The Morgan fingerprint density at radius 3 is 2.63 bits per heavy atom. The molecule has 0 saturated heterocycles. The highest BCUT2D eigenvalue weighted by molar-refractivity contribution is 5.76. The Kier molecular flexibility index (Phi) is 5.21. The molecule has 104 valence electrons. The van der Waals surface area contributed by atoms with Crippen LogP contribution in [0.15, 0.2) is 30.3 Å². The number of nitrogens with two attached hydrogens (primary N) is 1. The average Bonchev–Trinajstić information content (AvgIpc) is 2.37. The number of rotatable bonds is 7. The van der Waals surface area contributed by atoms with Crippen LogP contribution in [0.3, 0.4) is 0 Å². The molecule has 0 heterocycles. The summed E-state index contributed by atoms with van der Waals surface area (Å²) in [5.41, 5.74) is 5.58. The maximum absolute atomic E-state index is 12.1. The van der Waals surface area contributed by atoms with Crippen molar-refractivity contribution in [3.63, 3.8) is 0 Å². The molecule has 2 N–H and O–H groups in total. The van der Waals surface area contributed by atoms with Crippen LogP contribution in [-0.4, -0.2) is 36.5 Å². The summed E-state index contributed by atoms with van der Waals surface area (Å²) in [6.07, 6.45) is 3.88. The van der Waals surface area contributed by atoms with Crippen LogP contribution in [0.25, 0.3) is 0 Å². The second kappa shape index (κ2) is 7.14. The molecule has 0 atom stereocenters. The summed E-state index contributed by atoms with van der Waals surface area (Å²) in [5.74, 6) is 0.968. The number of nitrogens with zero attached hydrogens (tertiary/aromatic N) is 1. The van der Waals surface area contributed by atoms with Crippen LogP contribution in [0.2, 0.25) is 0 Å². The highest BCUT2D eigenvalue weighted by Gasteiger charge is 2.27. The summed E-state index contributed by atoms with van der Waals surface area (Å²) in [7, 11) is 0. The summed E-state index contributed by atoms with van der Waals surface area (Å²) < 4.78 is 5.56. The predicted molar refractivity (Wildman–Crippen MR) is 75.0 cm³/mol. The Hall–Kier alpha value is -1.55. The Bertz CT molecular complexity index is 390. The number of carbonyl (C=O) groups excluding carboxylic acids is 1. The lowest BCUT2D eigenvalue weighted by atomic mass is 9.91. The van der Waals surface area contributed by atoms with Gasteiger partial charge in [-0.3, -0.25) is 4.79 Å². The van der Waals surface area contributed by atoms with Gasteiger partial charge in [-0.2, -0.15) is 0 Å². The van der Waals surface area contributed by atoms with Crippen molar-refractivity contribution in [1.82, 2.24) is 4.90 Å². The fourth-order valence-electron chi connectivity index (χ4n) is 2.26. The molecule has 2 rings (SSSR count). The topological polar surface area (TPSA) is 55.6 Å². The van der Waals surface area contributed by atoms with Gasteiger partial charge in [0.05, 0.1) is 13.0 Å². The molecule has 1 amide bonds. The van der Waals surface area contributed by atoms with Crippen LogP contribution in [0.1, 0.15) is 25.7 Å². The molecule has 1 saturated carbocycles. The molecule has 4 nitrogen and oxygen atoms in total. The first-order valence-electron chi connectivity index (χ1n) is 6.98. The van der Waals surface area contributed by atoms with E-state index in [0.717, 1.165) is 18.6 Å². The molecule has 0 bridgehead atoms. The van der Waals surface area contributed by atoms with Gasteiger partial charge in [0.25, 0.3) is 0 Å². The van der Waals surface area contributed by atoms with E-state index in [1.54, 1.807) is 0 Å². The molecule has 1 aliphatic rings. The first-order chi connectivity index (χ1) is 9.31. The van der Waals surface area contributed by atoms with Gasteiger partial charge < -0.3 is 15.4 Å². The number of hydrogen-bond donors (Lipinski definition) is 1. The van der Waals surface area contributed by atoms with Gasteiger partial charge in [-0.25, -0.2) is 0 Å². The predicted octanol–water partition coefficient (Wildman–Crippen LogP) is 1.80. The highest BCUT2D eigenvalue weighted by atomic mass is 16.5. The van der Waals surface area contributed by atoms with Crippen LogP contribution in [0.5, 0.6) is 5.75 Å². The monoisotopic (exact) mass is 262 g/mol. The number of ether oxygens (including phenoxy) is 1. The summed E-state index contributed by atoms with van der Waals surface area (Å²) in [6, 6.07) is 9.99. The molecule has 0 radical (unpaired) electrons. The molecule has 19 heavy (non-hydrogen) atoms. The summed E-state index contributed by atoms with van der Waals surface area (Å²) in [5, 5.41) is 0. The molecule has 1 aromatic carbocycles. The average molecular weight is 262 g/mol. The minimum Gasteiger partial charge on any atom is -0.493 e. The van der Waals surface area contributed by atoms with Crippen LogP contribution in [0.4, 0.5) is 0 Å². The molecule has 0 spiro atoms. The van der Waals surface area contributed by atoms with Crippen LogP contribution in [0, 0.1) is 0 Å². The van der Waals surface area contributed by atoms with E-state index in [1.165, 1.54) is 6.42 Å². The lowest BCUT2D eigenvalue weighted by molar-refractivity contribution is -0.135. The minimum atomic E-state index is 0.158. The number of benzene rings is 1. The Labute approximate surface area is 114 Å². The van der Waals surface area contributed by atoms with Crippen LogP contribution < -0.4 is 10.5 Å². The fourth-order valence-corrected chi connectivity index (χ4v) is 2.26. The second-order valence-corrected chi connectivity index (χ2v) is 4.87. The van der Waals surface area contributed by atoms with Crippen molar-refractivity contribution >= 4 is 5.91 Å². The Balaban J connectivity index is 1.75. The van der Waals surface area contributed by atoms with E-state index in [-0.39, 0.29) is 5.91 Å². The van der Waals surface area contributed by atoms with Crippen molar-refractivity contribution in [3.8, 4) is 5.75 Å². The number of amides is 1.